The van der Waals surface area contributed by atoms with Gasteiger partial charge < -0.3 is 5.32 Å². The smallest absolute Gasteiger partial charge is 0.0643 e. The van der Waals surface area contributed by atoms with E-state index in [0.29, 0.717) is 10.0 Å². The molecular weight excluding hydrogens is 281 g/mol. The van der Waals surface area contributed by atoms with E-state index in [0.717, 1.165) is 24.2 Å². The maximum absolute atomic E-state index is 6.09. The van der Waals surface area contributed by atoms with Crippen molar-refractivity contribution in [3.63, 3.8) is 0 Å². The summed E-state index contributed by atoms with van der Waals surface area (Å²) in [5.41, 5.74) is 2.18. The van der Waals surface area contributed by atoms with Crippen LogP contribution in [0.25, 0.3) is 0 Å². The van der Waals surface area contributed by atoms with E-state index in [1.807, 2.05) is 42.2 Å². The first kappa shape index (κ1) is 14.4. The molecule has 3 nitrogen and oxygen atoms in total. The van der Waals surface area contributed by atoms with Crippen LogP contribution in [0.2, 0.25) is 10.0 Å². The molecule has 2 aromatic rings. The highest BCUT2D eigenvalue weighted by atomic mass is 35.5. The first-order valence-corrected chi connectivity index (χ1v) is 7.02. The summed E-state index contributed by atoms with van der Waals surface area (Å²) in [4.78, 5) is 0. The van der Waals surface area contributed by atoms with Gasteiger partial charge in [-0.1, -0.05) is 36.2 Å². The van der Waals surface area contributed by atoms with E-state index in [1.54, 1.807) is 0 Å². The zero-order valence-electron chi connectivity index (χ0n) is 11.0. The third kappa shape index (κ3) is 3.72. The van der Waals surface area contributed by atoms with E-state index < -0.39 is 0 Å². The van der Waals surface area contributed by atoms with Crippen LogP contribution in [0.4, 0.5) is 0 Å². The molecule has 0 aliphatic rings. The van der Waals surface area contributed by atoms with Gasteiger partial charge in [-0.05, 0) is 30.3 Å². The van der Waals surface area contributed by atoms with Gasteiger partial charge in [-0.15, -0.1) is 0 Å². The molecule has 1 atom stereocenters. The average molecular weight is 298 g/mol. The van der Waals surface area contributed by atoms with Crippen molar-refractivity contribution in [1.82, 2.24) is 15.1 Å². The third-order valence-corrected chi connectivity index (χ3v) is 3.72. The summed E-state index contributed by atoms with van der Waals surface area (Å²) in [6, 6.07) is 7.98. The Morgan fingerprint density at radius 3 is 2.63 bits per heavy atom. The minimum absolute atomic E-state index is 0.190. The number of benzene rings is 1. The van der Waals surface area contributed by atoms with Crippen LogP contribution in [0.3, 0.4) is 0 Å². The molecule has 1 aromatic carbocycles. The fourth-order valence-electron chi connectivity index (χ4n) is 2.06. The van der Waals surface area contributed by atoms with Crippen molar-refractivity contribution in [1.29, 1.82) is 0 Å². The fourth-order valence-corrected chi connectivity index (χ4v) is 2.37. The maximum atomic E-state index is 6.09. The number of aryl methyl sites for hydroxylation is 1. The molecule has 5 heteroatoms. The summed E-state index contributed by atoms with van der Waals surface area (Å²) < 4.78 is 1.81. The molecule has 0 aliphatic heterocycles. The molecule has 0 radical (unpaired) electrons. The molecule has 1 heterocycles. The van der Waals surface area contributed by atoms with Gasteiger partial charge >= 0.3 is 0 Å². The Morgan fingerprint density at radius 2 is 2.05 bits per heavy atom. The largest absolute Gasteiger partial charge is 0.310 e. The molecule has 0 fully saturated rings. The van der Waals surface area contributed by atoms with E-state index in [-0.39, 0.29) is 6.04 Å². The first-order chi connectivity index (χ1) is 9.10. The van der Waals surface area contributed by atoms with Crippen LogP contribution < -0.4 is 5.32 Å². The van der Waals surface area contributed by atoms with Gasteiger partial charge in [0.1, 0.15) is 0 Å². The van der Waals surface area contributed by atoms with E-state index >= 15 is 0 Å². The summed E-state index contributed by atoms with van der Waals surface area (Å²) in [7, 11) is 1.92. The molecular formula is C14H17Cl2N3. The summed E-state index contributed by atoms with van der Waals surface area (Å²) in [5, 5.41) is 9.04. The first-order valence-electron chi connectivity index (χ1n) is 6.27. The Morgan fingerprint density at radius 1 is 1.26 bits per heavy atom. The van der Waals surface area contributed by atoms with Crippen molar-refractivity contribution < 1.29 is 0 Å². The summed E-state index contributed by atoms with van der Waals surface area (Å²) in [6.45, 7) is 2.97. The molecule has 1 N–H and O–H groups in total. The minimum Gasteiger partial charge on any atom is -0.310 e. The zero-order chi connectivity index (χ0) is 13.8. The summed E-state index contributed by atoms with van der Waals surface area (Å²) in [6.07, 6.45) is 2.78. The molecule has 0 bridgehead atoms. The van der Waals surface area contributed by atoms with Gasteiger partial charge in [0.05, 0.1) is 15.7 Å². The van der Waals surface area contributed by atoms with Crippen molar-refractivity contribution in [3.8, 4) is 0 Å². The van der Waals surface area contributed by atoms with Gasteiger partial charge in [-0.3, -0.25) is 4.68 Å². The predicted molar refractivity (Wildman–Crippen MR) is 79.8 cm³/mol. The highest BCUT2D eigenvalue weighted by Gasteiger charge is 2.14. The lowest BCUT2D eigenvalue weighted by molar-refractivity contribution is 0.540. The molecule has 1 aromatic heterocycles. The number of rotatable bonds is 5. The lowest BCUT2D eigenvalue weighted by Crippen LogP contribution is -2.23. The Hall–Kier alpha value is -1.03. The van der Waals surface area contributed by atoms with Crippen LogP contribution in [0.15, 0.2) is 30.5 Å². The highest BCUT2D eigenvalue weighted by Crippen LogP contribution is 2.27. The maximum Gasteiger partial charge on any atom is 0.0643 e. The Labute approximate surface area is 123 Å². The number of nitrogens with zero attached hydrogens (tertiary/aromatic N) is 2. The van der Waals surface area contributed by atoms with Gasteiger partial charge in [0, 0.05) is 25.7 Å². The van der Waals surface area contributed by atoms with Gasteiger partial charge in [0.15, 0.2) is 0 Å². The standard InChI is InChI=1S/C14H17Cl2N3/c1-3-17-14(9-11-6-7-19(2)18-11)10-4-5-12(15)13(16)8-10/h4-8,14,17H,3,9H2,1-2H3. The van der Waals surface area contributed by atoms with E-state index in [4.69, 9.17) is 23.2 Å². The van der Waals surface area contributed by atoms with Crippen molar-refractivity contribution in [2.75, 3.05) is 6.54 Å². The predicted octanol–water partition coefficient (Wildman–Crippen LogP) is 3.62. The second-order valence-corrected chi connectivity index (χ2v) is 5.28. The monoisotopic (exact) mass is 297 g/mol. The lowest BCUT2D eigenvalue weighted by atomic mass is 10.0. The van der Waals surface area contributed by atoms with E-state index in [9.17, 15) is 0 Å². The Kier molecular flexibility index (Phi) is 4.86. The fraction of sp³-hybridized carbons (Fsp3) is 0.357. The second kappa shape index (κ2) is 6.42. The van der Waals surface area contributed by atoms with Crippen LogP contribution in [0, 0.1) is 0 Å². The van der Waals surface area contributed by atoms with Crippen LogP contribution in [0.5, 0.6) is 0 Å². The number of nitrogens with one attached hydrogen (secondary N) is 1. The van der Waals surface area contributed by atoms with Gasteiger partial charge in [-0.25, -0.2) is 0 Å². The average Bonchev–Trinajstić information content (AvgIpc) is 2.78. The molecule has 2 rings (SSSR count). The molecule has 19 heavy (non-hydrogen) atoms. The van der Waals surface area contributed by atoms with Gasteiger partial charge in [0.25, 0.3) is 0 Å². The number of likely N-dealkylation sites (N-methyl/N-ethyl adjacent to an activating group) is 1. The summed E-state index contributed by atoms with van der Waals surface area (Å²) in [5.74, 6) is 0. The number of halogens is 2. The van der Waals surface area contributed by atoms with Crippen LogP contribution in [-0.2, 0) is 13.5 Å². The minimum atomic E-state index is 0.190. The normalized spacial score (nSPS) is 12.6. The van der Waals surface area contributed by atoms with Crippen molar-refractivity contribution in [2.24, 2.45) is 7.05 Å². The molecule has 0 aliphatic carbocycles. The number of hydrogen-bond acceptors (Lipinski definition) is 2. The molecule has 0 saturated heterocycles. The van der Waals surface area contributed by atoms with Crippen LogP contribution in [0.1, 0.15) is 24.2 Å². The van der Waals surface area contributed by atoms with Crippen molar-refractivity contribution in [2.45, 2.75) is 19.4 Å². The lowest BCUT2D eigenvalue weighted by Gasteiger charge is -2.18. The molecule has 102 valence electrons. The quantitative estimate of drug-likeness (QED) is 0.913. The van der Waals surface area contributed by atoms with Gasteiger partial charge in [-0.2, -0.15) is 5.10 Å². The van der Waals surface area contributed by atoms with Crippen molar-refractivity contribution >= 4 is 23.2 Å². The molecule has 0 saturated carbocycles. The molecule has 0 amide bonds. The number of aromatic nitrogens is 2. The topological polar surface area (TPSA) is 29.9 Å². The second-order valence-electron chi connectivity index (χ2n) is 4.47. The van der Waals surface area contributed by atoms with E-state index in [1.165, 1.54) is 0 Å². The van der Waals surface area contributed by atoms with Crippen LogP contribution in [-0.4, -0.2) is 16.3 Å². The Bertz CT molecular complexity index is 551. The zero-order valence-corrected chi connectivity index (χ0v) is 12.5. The highest BCUT2D eigenvalue weighted by molar-refractivity contribution is 6.42. The third-order valence-electron chi connectivity index (χ3n) is 2.98. The SMILES string of the molecule is CCNC(Cc1ccn(C)n1)c1ccc(Cl)c(Cl)c1. The van der Waals surface area contributed by atoms with Gasteiger partial charge in [0.2, 0.25) is 0 Å². The van der Waals surface area contributed by atoms with E-state index in [2.05, 4.69) is 17.3 Å². The molecule has 0 spiro atoms. The van der Waals surface area contributed by atoms with Crippen LogP contribution >= 0.6 is 23.2 Å². The Balaban J connectivity index is 2.21. The van der Waals surface area contributed by atoms with Crippen molar-refractivity contribution in [3.05, 3.63) is 51.8 Å². The molecule has 1 unspecified atom stereocenters. The number of hydrogen-bond donors (Lipinski definition) is 1. The summed E-state index contributed by atoms with van der Waals surface area (Å²) >= 11 is 12.0.